The van der Waals surface area contributed by atoms with Crippen LogP contribution in [0, 0.1) is 5.82 Å². The highest BCUT2D eigenvalue weighted by molar-refractivity contribution is 5.97. The summed E-state index contributed by atoms with van der Waals surface area (Å²) in [5.41, 5.74) is 4.29. The van der Waals surface area contributed by atoms with E-state index in [1.165, 1.54) is 12.4 Å². The molecule has 4 heterocycles. The number of rotatable bonds is 3. The Labute approximate surface area is 153 Å². The smallest absolute Gasteiger partial charge is 0.271 e. The largest absolute Gasteiger partial charge is 0.329 e. The lowest BCUT2D eigenvalue weighted by Gasteiger charge is -2.16. The standard InChI is InChI=1S/C19H15FN6O/c1-24-8-15(7-22-24)12-2-4-16(20)14(6-12)10-25-9-13-3-5-17-23-21-11-26(17)18(13)19(25)27/h2-8,11H,9-10H2,1H3. The summed E-state index contributed by atoms with van der Waals surface area (Å²) < 4.78 is 17.8. The van der Waals surface area contributed by atoms with E-state index >= 15 is 0 Å². The molecule has 8 heteroatoms. The summed E-state index contributed by atoms with van der Waals surface area (Å²) in [5.74, 6) is -0.484. The van der Waals surface area contributed by atoms with Crippen LogP contribution in [0.1, 0.15) is 21.6 Å². The predicted octanol–water partition coefficient (Wildman–Crippen LogP) is 2.42. The van der Waals surface area contributed by atoms with Gasteiger partial charge in [-0.15, -0.1) is 10.2 Å². The van der Waals surface area contributed by atoms with Crippen LogP contribution in [0.4, 0.5) is 4.39 Å². The molecule has 0 atom stereocenters. The zero-order valence-corrected chi connectivity index (χ0v) is 14.5. The number of amides is 1. The molecule has 0 fully saturated rings. The molecule has 5 rings (SSSR count). The molecule has 134 valence electrons. The minimum Gasteiger partial charge on any atom is -0.329 e. The highest BCUT2D eigenvalue weighted by Gasteiger charge is 2.30. The van der Waals surface area contributed by atoms with E-state index in [2.05, 4.69) is 15.3 Å². The molecular formula is C19H15FN6O. The van der Waals surface area contributed by atoms with Crippen molar-refractivity contribution in [2.75, 3.05) is 0 Å². The van der Waals surface area contributed by atoms with Crippen molar-refractivity contribution in [1.29, 1.82) is 0 Å². The molecule has 0 radical (unpaired) electrons. The third kappa shape index (κ3) is 2.49. The van der Waals surface area contributed by atoms with Gasteiger partial charge < -0.3 is 4.90 Å². The van der Waals surface area contributed by atoms with Gasteiger partial charge in [-0.05, 0) is 23.8 Å². The van der Waals surface area contributed by atoms with Crippen LogP contribution in [-0.4, -0.2) is 35.2 Å². The monoisotopic (exact) mass is 362 g/mol. The number of aromatic nitrogens is 5. The molecule has 1 aliphatic rings. The molecule has 0 saturated carbocycles. The Morgan fingerprint density at radius 3 is 2.89 bits per heavy atom. The molecule has 4 aromatic rings. The van der Waals surface area contributed by atoms with Crippen molar-refractivity contribution in [2.45, 2.75) is 13.1 Å². The number of aryl methyl sites for hydroxylation is 1. The Balaban J connectivity index is 1.48. The summed E-state index contributed by atoms with van der Waals surface area (Å²) in [6, 6.07) is 8.63. The Bertz CT molecular complexity index is 1190. The second-order valence-electron chi connectivity index (χ2n) is 6.64. The first kappa shape index (κ1) is 15.7. The lowest BCUT2D eigenvalue weighted by Crippen LogP contribution is -2.24. The van der Waals surface area contributed by atoms with Crippen molar-refractivity contribution >= 4 is 11.6 Å². The molecule has 1 aromatic carbocycles. The van der Waals surface area contributed by atoms with Crippen LogP contribution in [0.2, 0.25) is 0 Å². The Kier molecular flexibility index (Phi) is 3.33. The number of fused-ring (bicyclic) bond motifs is 3. The molecule has 7 nitrogen and oxygen atoms in total. The van der Waals surface area contributed by atoms with E-state index in [4.69, 9.17) is 0 Å². The van der Waals surface area contributed by atoms with Gasteiger partial charge in [0.1, 0.15) is 17.8 Å². The number of hydrogen-bond acceptors (Lipinski definition) is 4. The molecule has 3 aromatic heterocycles. The molecule has 27 heavy (non-hydrogen) atoms. The minimum atomic E-state index is -0.333. The van der Waals surface area contributed by atoms with E-state index < -0.39 is 0 Å². The van der Waals surface area contributed by atoms with Crippen LogP contribution in [0.5, 0.6) is 0 Å². The normalized spacial score (nSPS) is 13.6. The first-order valence-corrected chi connectivity index (χ1v) is 8.48. The van der Waals surface area contributed by atoms with Gasteiger partial charge in [-0.3, -0.25) is 13.9 Å². The highest BCUT2D eigenvalue weighted by Crippen LogP contribution is 2.27. The number of halogens is 1. The average Bonchev–Trinajstić information content (AvgIpc) is 3.36. The van der Waals surface area contributed by atoms with Gasteiger partial charge in [0.2, 0.25) is 0 Å². The first-order valence-electron chi connectivity index (χ1n) is 8.48. The number of carbonyl (C=O) groups is 1. The zero-order chi connectivity index (χ0) is 18.5. The van der Waals surface area contributed by atoms with Gasteiger partial charge in [0.05, 0.1) is 6.20 Å². The summed E-state index contributed by atoms with van der Waals surface area (Å²) in [7, 11) is 1.83. The summed E-state index contributed by atoms with van der Waals surface area (Å²) in [5, 5.41) is 12.0. The van der Waals surface area contributed by atoms with E-state index in [-0.39, 0.29) is 18.3 Å². The SMILES string of the molecule is Cn1cc(-c2ccc(F)c(CN3Cc4ccc5nncn5c4C3=O)c2)cn1. The van der Waals surface area contributed by atoms with Crippen LogP contribution < -0.4 is 0 Å². The van der Waals surface area contributed by atoms with Crippen LogP contribution >= 0.6 is 0 Å². The third-order valence-electron chi connectivity index (χ3n) is 4.85. The molecule has 1 aliphatic heterocycles. The van der Waals surface area contributed by atoms with E-state index in [0.29, 0.717) is 23.4 Å². The molecule has 1 amide bonds. The van der Waals surface area contributed by atoms with E-state index in [9.17, 15) is 9.18 Å². The molecule has 0 spiro atoms. The molecule has 0 aliphatic carbocycles. The molecule has 0 unspecified atom stereocenters. The van der Waals surface area contributed by atoms with Gasteiger partial charge in [0, 0.05) is 43.0 Å². The number of nitrogens with zero attached hydrogens (tertiary/aromatic N) is 6. The summed E-state index contributed by atoms with van der Waals surface area (Å²) in [6.45, 7) is 0.621. The lowest BCUT2D eigenvalue weighted by atomic mass is 10.1. The predicted molar refractivity (Wildman–Crippen MR) is 95.2 cm³/mol. The van der Waals surface area contributed by atoms with Gasteiger partial charge in [-0.25, -0.2) is 4.39 Å². The van der Waals surface area contributed by atoms with Gasteiger partial charge in [-0.1, -0.05) is 12.1 Å². The first-order chi connectivity index (χ1) is 13.1. The molecular weight excluding hydrogens is 347 g/mol. The van der Waals surface area contributed by atoms with Crippen molar-refractivity contribution in [3.63, 3.8) is 0 Å². The van der Waals surface area contributed by atoms with Crippen LogP contribution in [0.15, 0.2) is 49.1 Å². The van der Waals surface area contributed by atoms with E-state index in [0.717, 1.165) is 16.7 Å². The lowest BCUT2D eigenvalue weighted by molar-refractivity contribution is 0.0760. The summed E-state index contributed by atoms with van der Waals surface area (Å²) >= 11 is 0. The maximum Gasteiger partial charge on any atom is 0.271 e. The Morgan fingerprint density at radius 1 is 1.19 bits per heavy atom. The van der Waals surface area contributed by atoms with Crippen LogP contribution in [0.3, 0.4) is 0 Å². The summed E-state index contributed by atoms with van der Waals surface area (Å²) in [6.07, 6.45) is 5.13. The van der Waals surface area contributed by atoms with E-state index in [1.54, 1.807) is 32.3 Å². The van der Waals surface area contributed by atoms with Crippen molar-refractivity contribution < 1.29 is 9.18 Å². The van der Waals surface area contributed by atoms with E-state index in [1.807, 2.05) is 25.4 Å². The Hall–Kier alpha value is -3.55. The second-order valence-corrected chi connectivity index (χ2v) is 6.64. The number of hydrogen-bond donors (Lipinski definition) is 0. The van der Waals surface area contributed by atoms with Gasteiger partial charge in [0.15, 0.2) is 5.65 Å². The summed E-state index contributed by atoms with van der Waals surface area (Å²) in [4.78, 5) is 14.5. The van der Waals surface area contributed by atoms with Crippen molar-refractivity contribution in [3.8, 4) is 11.1 Å². The van der Waals surface area contributed by atoms with Crippen LogP contribution in [0.25, 0.3) is 16.8 Å². The Morgan fingerprint density at radius 2 is 2.07 bits per heavy atom. The number of carbonyl (C=O) groups excluding carboxylic acids is 1. The van der Waals surface area contributed by atoms with Gasteiger partial charge in [-0.2, -0.15) is 5.10 Å². The topological polar surface area (TPSA) is 68.3 Å². The maximum absolute atomic E-state index is 14.4. The molecule has 0 bridgehead atoms. The maximum atomic E-state index is 14.4. The van der Waals surface area contributed by atoms with Gasteiger partial charge >= 0.3 is 0 Å². The molecule has 0 saturated heterocycles. The quantitative estimate of drug-likeness (QED) is 0.561. The fourth-order valence-corrected chi connectivity index (χ4v) is 3.51. The average molecular weight is 362 g/mol. The number of benzene rings is 1. The highest BCUT2D eigenvalue weighted by atomic mass is 19.1. The molecule has 0 N–H and O–H groups in total. The fourth-order valence-electron chi connectivity index (χ4n) is 3.51. The van der Waals surface area contributed by atoms with Crippen LogP contribution in [-0.2, 0) is 20.1 Å². The third-order valence-corrected chi connectivity index (χ3v) is 4.85. The zero-order valence-electron chi connectivity index (χ0n) is 14.5. The van der Waals surface area contributed by atoms with Crippen molar-refractivity contribution in [2.24, 2.45) is 7.05 Å². The fraction of sp³-hybridized carbons (Fsp3) is 0.158. The van der Waals surface area contributed by atoms with Gasteiger partial charge in [0.25, 0.3) is 5.91 Å². The second kappa shape index (κ2) is 5.73. The van der Waals surface area contributed by atoms with Crippen molar-refractivity contribution in [3.05, 3.63) is 71.7 Å². The van der Waals surface area contributed by atoms with Crippen molar-refractivity contribution in [1.82, 2.24) is 29.3 Å². The number of pyridine rings is 1. The minimum absolute atomic E-state index is 0.151.